The lowest BCUT2D eigenvalue weighted by molar-refractivity contribution is 0.0697. The first kappa shape index (κ1) is 20.3. The van der Waals surface area contributed by atoms with Crippen LogP contribution in [0.4, 0.5) is 5.69 Å². The summed E-state index contributed by atoms with van der Waals surface area (Å²) in [5.41, 5.74) is 4.82. The molecule has 0 aliphatic carbocycles. The van der Waals surface area contributed by atoms with E-state index in [1.165, 1.54) is 30.5 Å². The molecule has 0 saturated carbocycles. The van der Waals surface area contributed by atoms with E-state index in [0.717, 1.165) is 5.56 Å². The first-order valence-corrected chi connectivity index (χ1v) is 10.1. The Morgan fingerprint density at radius 2 is 1.83 bits per heavy atom. The zero-order chi connectivity index (χ0) is 20.9. The second kappa shape index (κ2) is 8.72. The predicted molar refractivity (Wildman–Crippen MR) is 108 cm³/mol. The van der Waals surface area contributed by atoms with Gasteiger partial charge in [-0.3, -0.25) is 5.43 Å². The van der Waals surface area contributed by atoms with Crippen molar-refractivity contribution in [3.05, 3.63) is 83.8 Å². The van der Waals surface area contributed by atoms with Crippen molar-refractivity contribution in [3.8, 4) is 0 Å². The summed E-state index contributed by atoms with van der Waals surface area (Å²) >= 11 is 0. The summed E-state index contributed by atoms with van der Waals surface area (Å²) in [4.78, 5) is 11.1. The molecule has 3 aromatic rings. The summed E-state index contributed by atoms with van der Waals surface area (Å²) in [5, 5.41) is 13.2. The fourth-order valence-corrected chi connectivity index (χ4v) is 3.47. The highest BCUT2D eigenvalue weighted by atomic mass is 32.2. The largest absolute Gasteiger partial charge is 0.478 e. The Morgan fingerprint density at radius 1 is 1.07 bits per heavy atom. The van der Waals surface area contributed by atoms with E-state index in [4.69, 9.17) is 9.52 Å². The van der Waals surface area contributed by atoms with Gasteiger partial charge in [-0.05, 0) is 55.0 Å². The average Bonchev–Trinajstić information content (AvgIpc) is 3.25. The third-order valence-corrected chi connectivity index (χ3v) is 5.48. The zero-order valence-electron chi connectivity index (χ0n) is 15.5. The van der Waals surface area contributed by atoms with Crippen LogP contribution < -0.4 is 10.1 Å². The summed E-state index contributed by atoms with van der Waals surface area (Å²) in [6.07, 6.45) is 1.48. The van der Waals surface area contributed by atoms with Gasteiger partial charge in [-0.25, -0.2) is 17.9 Å². The summed E-state index contributed by atoms with van der Waals surface area (Å²) in [6.45, 7) is 1.82. The van der Waals surface area contributed by atoms with Gasteiger partial charge in [0, 0.05) is 0 Å². The number of nitrogens with zero attached hydrogens (tertiary/aromatic N) is 1. The van der Waals surface area contributed by atoms with E-state index in [0.29, 0.717) is 17.2 Å². The van der Waals surface area contributed by atoms with Crippen molar-refractivity contribution >= 4 is 27.4 Å². The first-order chi connectivity index (χ1) is 13.8. The number of furan rings is 1. The molecule has 0 bridgehead atoms. The molecule has 2 aromatic carbocycles. The molecular weight excluding hydrogens is 394 g/mol. The van der Waals surface area contributed by atoms with E-state index >= 15 is 0 Å². The minimum absolute atomic E-state index is 0.0664. The van der Waals surface area contributed by atoms with Gasteiger partial charge < -0.3 is 9.52 Å². The maximum atomic E-state index is 12.4. The highest BCUT2D eigenvalue weighted by Gasteiger charge is 2.14. The van der Waals surface area contributed by atoms with Gasteiger partial charge in [0.05, 0.1) is 34.7 Å². The van der Waals surface area contributed by atoms with Gasteiger partial charge in [0.2, 0.25) is 10.0 Å². The van der Waals surface area contributed by atoms with E-state index in [2.05, 4.69) is 15.2 Å². The molecule has 8 nitrogen and oxygen atoms in total. The Morgan fingerprint density at radius 3 is 2.48 bits per heavy atom. The van der Waals surface area contributed by atoms with Gasteiger partial charge >= 0.3 is 5.97 Å². The molecule has 1 heterocycles. The topological polar surface area (TPSA) is 121 Å². The number of rotatable bonds is 8. The van der Waals surface area contributed by atoms with Gasteiger partial charge in [0.1, 0.15) is 5.76 Å². The Labute approximate surface area is 167 Å². The third-order valence-electron chi connectivity index (χ3n) is 4.06. The lowest BCUT2D eigenvalue weighted by atomic mass is 10.1. The molecule has 0 amide bonds. The number of benzene rings is 2. The Kier molecular flexibility index (Phi) is 6.10. The van der Waals surface area contributed by atoms with E-state index in [-0.39, 0.29) is 17.0 Å². The average molecular weight is 413 g/mol. The number of hydrogen-bond donors (Lipinski definition) is 3. The monoisotopic (exact) mass is 413 g/mol. The lowest BCUT2D eigenvalue weighted by Gasteiger charge is -2.07. The van der Waals surface area contributed by atoms with Crippen LogP contribution in [0.1, 0.15) is 28.6 Å². The Bertz CT molecular complexity index is 1120. The molecule has 0 unspecified atom stereocenters. The maximum Gasteiger partial charge on any atom is 0.335 e. The quantitative estimate of drug-likeness (QED) is 0.385. The molecular formula is C20H19N3O5S. The number of hydrazone groups is 1. The number of anilines is 1. The number of sulfonamides is 1. The number of carboxylic acids is 1. The van der Waals surface area contributed by atoms with Crippen LogP contribution in [0, 0.1) is 0 Å². The molecule has 9 heteroatoms. The van der Waals surface area contributed by atoms with Crippen molar-refractivity contribution in [1.29, 1.82) is 0 Å². The standard InChI is InChI=1S/C20H19N3O5S/c1-14(22-23-17-5-2-4-16(12-17)20(24)25)15-7-9-19(10-8-15)29(26,27)21-13-18-6-3-11-28-18/h2-12,21,23H,13H2,1H3,(H,24,25). The smallest absolute Gasteiger partial charge is 0.335 e. The van der Waals surface area contributed by atoms with Crippen molar-refractivity contribution in [3.63, 3.8) is 0 Å². The Balaban J connectivity index is 1.67. The minimum Gasteiger partial charge on any atom is -0.478 e. The zero-order valence-corrected chi connectivity index (χ0v) is 16.3. The van der Waals surface area contributed by atoms with Crippen molar-refractivity contribution in [2.45, 2.75) is 18.4 Å². The number of nitrogens with one attached hydrogen (secondary N) is 2. The SMILES string of the molecule is CC(=NNc1cccc(C(=O)O)c1)c1ccc(S(=O)(=O)NCc2ccco2)cc1. The van der Waals surface area contributed by atoms with Crippen molar-refractivity contribution in [2.75, 3.05) is 5.43 Å². The second-order valence-corrected chi connectivity index (χ2v) is 7.89. The van der Waals surface area contributed by atoms with E-state index in [1.807, 2.05) is 0 Å². The summed E-state index contributed by atoms with van der Waals surface area (Å²) in [5.74, 6) is -0.502. The highest BCUT2D eigenvalue weighted by Crippen LogP contribution is 2.14. The van der Waals surface area contributed by atoms with Crippen molar-refractivity contribution in [2.24, 2.45) is 5.10 Å². The second-order valence-electron chi connectivity index (χ2n) is 6.12. The minimum atomic E-state index is -3.67. The molecule has 3 N–H and O–H groups in total. The molecule has 0 aliphatic heterocycles. The molecule has 3 rings (SSSR count). The molecule has 0 aliphatic rings. The Hall–Kier alpha value is -3.43. The summed E-state index contributed by atoms with van der Waals surface area (Å²) < 4.78 is 32.3. The van der Waals surface area contributed by atoms with Crippen LogP contribution in [0.15, 0.2) is 81.3 Å². The molecule has 0 saturated heterocycles. The summed E-state index contributed by atoms with van der Waals surface area (Å²) in [6, 6.07) is 15.9. The summed E-state index contributed by atoms with van der Waals surface area (Å²) in [7, 11) is -3.67. The maximum absolute atomic E-state index is 12.4. The third kappa shape index (κ3) is 5.31. The van der Waals surface area contributed by atoms with Crippen molar-refractivity contribution < 1.29 is 22.7 Å². The number of hydrogen-bond acceptors (Lipinski definition) is 6. The number of carbonyl (C=O) groups is 1. The number of aromatic carboxylic acids is 1. The normalized spacial score (nSPS) is 12.0. The van der Waals surface area contributed by atoms with Gasteiger partial charge in [-0.15, -0.1) is 0 Å². The van der Waals surface area contributed by atoms with Crippen LogP contribution >= 0.6 is 0 Å². The van der Waals surface area contributed by atoms with Gasteiger partial charge in [0.25, 0.3) is 0 Å². The van der Waals surface area contributed by atoms with Crippen LogP contribution in [0.25, 0.3) is 0 Å². The van der Waals surface area contributed by atoms with Crippen LogP contribution in [0.3, 0.4) is 0 Å². The molecule has 0 radical (unpaired) electrons. The van der Waals surface area contributed by atoms with Crippen LogP contribution in [-0.4, -0.2) is 25.2 Å². The van der Waals surface area contributed by atoms with E-state index < -0.39 is 16.0 Å². The molecule has 29 heavy (non-hydrogen) atoms. The molecule has 0 spiro atoms. The molecule has 0 atom stereocenters. The van der Waals surface area contributed by atoms with Crippen LogP contribution in [0.2, 0.25) is 0 Å². The fourth-order valence-electron chi connectivity index (χ4n) is 2.47. The molecule has 150 valence electrons. The highest BCUT2D eigenvalue weighted by molar-refractivity contribution is 7.89. The van der Waals surface area contributed by atoms with Gasteiger partial charge in [-0.1, -0.05) is 18.2 Å². The van der Waals surface area contributed by atoms with Gasteiger partial charge in [0.15, 0.2) is 0 Å². The van der Waals surface area contributed by atoms with Crippen LogP contribution in [0.5, 0.6) is 0 Å². The van der Waals surface area contributed by atoms with E-state index in [9.17, 15) is 13.2 Å². The van der Waals surface area contributed by atoms with Crippen molar-refractivity contribution in [1.82, 2.24) is 4.72 Å². The lowest BCUT2D eigenvalue weighted by Crippen LogP contribution is -2.23. The van der Waals surface area contributed by atoms with Gasteiger partial charge in [-0.2, -0.15) is 5.10 Å². The fraction of sp³-hybridized carbons (Fsp3) is 0.100. The molecule has 1 aromatic heterocycles. The molecule has 0 fully saturated rings. The van der Waals surface area contributed by atoms with Crippen LogP contribution in [-0.2, 0) is 16.6 Å². The van der Waals surface area contributed by atoms with E-state index in [1.54, 1.807) is 43.3 Å². The predicted octanol–water partition coefficient (Wildman–Crippen LogP) is 3.29. The first-order valence-electron chi connectivity index (χ1n) is 8.61. The number of carboxylic acid groups (broad SMARTS) is 1.